The molecule has 2 atom stereocenters. The molecule has 0 fully saturated rings. The van der Waals surface area contributed by atoms with Crippen LogP contribution in [0.1, 0.15) is 31.9 Å². The topological polar surface area (TPSA) is 56.8 Å². The third kappa shape index (κ3) is 4.45. The van der Waals surface area contributed by atoms with Gasteiger partial charge in [-0.05, 0) is 43.7 Å². The molecule has 26 heavy (non-hydrogen) atoms. The number of amides is 1. The molecule has 6 heteroatoms. The number of nitrogens with one attached hydrogen (secondary N) is 1. The number of carbonyl (C=O) groups excluding carboxylic acids is 1. The zero-order chi connectivity index (χ0) is 18.5. The van der Waals surface area contributed by atoms with Crippen LogP contribution in [-0.2, 0) is 4.79 Å². The molecule has 138 valence electrons. The molecule has 0 aliphatic carbocycles. The molecular formula is C20H22FNO4. The number of ether oxygens (including phenoxy) is 3. The van der Waals surface area contributed by atoms with Crippen LogP contribution in [0.15, 0.2) is 42.5 Å². The highest BCUT2D eigenvalue weighted by molar-refractivity contribution is 5.81. The minimum absolute atomic E-state index is 0.238. The van der Waals surface area contributed by atoms with E-state index in [1.807, 2.05) is 25.1 Å². The molecule has 5 nitrogen and oxygen atoms in total. The van der Waals surface area contributed by atoms with Gasteiger partial charge in [0.2, 0.25) is 0 Å². The van der Waals surface area contributed by atoms with E-state index < -0.39 is 11.9 Å². The molecule has 0 bridgehead atoms. The molecule has 1 N–H and O–H groups in total. The molecule has 2 aromatic rings. The summed E-state index contributed by atoms with van der Waals surface area (Å²) in [6.45, 7) is 4.75. The molecule has 0 unspecified atom stereocenters. The predicted molar refractivity (Wildman–Crippen MR) is 95.1 cm³/mol. The SMILES string of the molecule is C[C@@H](Oc1cccc(F)c1)C(=O)N[C@H](C)c1ccc2c(c1)OCCCO2. The minimum atomic E-state index is -0.750. The average Bonchev–Trinajstić information content (AvgIpc) is 2.86. The van der Waals surface area contributed by atoms with Gasteiger partial charge in [-0.15, -0.1) is 0 Å². The fraction of sp³-hybridized carbons (Fsp3) is 0.350. The zero-order valence-electron chi connectivity index (χ0n) is 14.8. The highest BCUT2D eigenvalue weighted by atomic mass is 19.1. The Hall–Kier alpha value is -2.76. The zero-order valence-corrected chi connectivity index (χ0v) is 14.8. The maximum atomic E-state index is 13.2. The largest absolute Gasteiger partial charge is 0.490 e. The van der Waals surface area contributed by atoms with Crippen molar-refractivity contribution < 1.29 is 23.4 Å². The number of rotatable bonds is 5. The van der Waals surface area contributed by atoms with E-state index in [0.717, 1.165) is 12.0 Å². The van der Waals surface area contributed by atoms with E-state index in [0.29, 0.717) is 30.5 Å². The van der Waals surface area contributed by atoms with E-state index in [9.17, 15) is 9.18 Å². The smallest absolute Gasteiger partial charge is 0.261 e. The Morgan fingerprint density at radius 1 is 1.12 bits per heavy atom. The summed E-state index contributed by atoms with van der Waals surface area (Å²) in [7, 11) is 0. The van der Waals surface area contributed by atoms with E-state index in [-0.39, 0.29) is 11.9 Å². The van der Waals surface area contributed by atoms with E-state index >= 15 is 0 Å². The Kier molecular flexibility index (Phi) is 5.61. The van der Waals surface area contributed by atoms with Crippen LogP contribution in [0.3, 0.4) is 0 Å². The van der Waals surface area contributed by atoms with Gasteiger partial charge in [-0.2, -0.15) is 0 Å². The van der Waals surface area contributed by atoms with E-state index in [1.165, 1.54) is 18.2 Å². The Bertz CT molecular complexity index is 780. The highest BCUT2D eigenvalue weighted by Gasteiger charge is 2.19. The molecule has 0 saturated heterocycles. The molecule has 0 saturated carbocycles. The van der Waals surface area contributed by atoms with E-state index in [1.54, 1.807) is 13.0 Å². The molecule has 0 radical (unpaired) electrons. The molecule has 2 aromatic carbocycles. The van der Waals surface area contributed by atoms with E-state index in [4.69, 9.17) is 14.2 Å². The van der Waals surface area contributed by atoms with Crippen LogP contribution in [0.4, 0.5) is 4.39 Å². The first-order chi connectivity index (χ1) is 12.5. The first kappa shape index (κ1) is 18.0. The van der Waals surface area contributed by atoms with Gasteiger partial charge in [-0.25, -0.2) is 4.39 Å². The van der Waals surface area contributed by atoms with Crippen LogP contribution in [0, 0.1) is 5.82 Å². The molecule has 1 aliphatic rings. The third-order valence-electron chi connectivity index (χ3n) is 4.11. The number of hydrogen-bond acceptors (Lipinski definition) is 4. The summed E-state index contributed by atoms with van der Waals surface area (Å²) in [6, 6.07) is 11.1. The van der Waals surface area contributed by atoms with Gasteiger partial charge in [0.1, 0.15) is 11.6 Å². The third-order valence-corrected chi connectivity index (χ3v) is 4.11. The first-order valence-electron chi connectivity index (χ1n) is 8.65. The molecule has 0 aromatic heterocycles. The van der Waals surface area contributed by atoms with Crippen LogP contribution in [-0.4, -0.2) is 25.2 Å². The van der Waals surface area contributed by atoms with Gasteiger partial charge in [0.05, 0.1) is 19.3 Å². The van der Waals surface area contributed by atoms with Gasteiger partial charge < -0.3 is 19.5 Å². The van der Waals surface area contributed by atoms with Gasteiger partial charge >= 0.3 is 0 Å². The molecule has 0 spiro atoms. The van der Waals surface area contributed by atoms with Crippen molar-refractivity contribution in [3.8, 4) is 17.2 Å². The summed E-state index contributed by atoms with van der Waals surface area (Å²) in [5.74, 6) is 1.03. The summed E-state index contributed by atoms with van der Waals surface area (Å²) in [6.07, 6.45) is 0.0882. The van der Waals surface area contributed by atoms with Crippen molar-refractivity contribution in [3.05, 3.63) is 53.8 Å². The fourth-order valence-corrected chi connectivity index (χ4v) is 2.66. The average molecular weight is 359 g/mol. The number of hydrogen-bond donors (Lipinski definition) is 1. The minimum Gasteiger partial charge on any atom is -0.490 e. The Morgan fingerprint density at radius 2 is 1.88 bits per heavy atom. The quantitative estimate of drug-likeness (QED) is 0.886. The van der Waals surface area contributed by atoms with Crippen LogP contribution in [0.2, 0.25) is 0 Å². The number of benzene rings is 2. The summed E-state index contributed by atoms with van der Waals surface area (Å²) in [5.41, 5.74) is 0.903. The molecule has 1 aliphatic heterocycles. The van der Waals surface area contributed by atoms with Gasteiger partial charge in [0.25, 0.3) is 5.91 Å². The maximum Gasteiger partial charge on any atom is 0.261 e. The van der Waals surface area contributed by atoms with Crippen LogP contribution < -0.4 is 19.5 Å². The van der Waals surface area contributed by atoms with Gasteiger partial charge in [0, 0.05) is 12.5 Å². The second kappa shape index (κ2) is 8.08. The van der Waals surface area contributed by atoms with Gasteiger partial charge in [0.15, 0.2) is 17.6 Å². The molecule has 1 amide bonds. The van der Waals surface area contributed by atoms with Crippen LogP contribution in [0.25, 0.3) is 0 Å². The summed E-state index contributed by atoms with van der Waals surface area (Å²) >= 11 is 0. The fourth-order valence-electron chi connectivity index (χ4n) is 2.66. The van der Waals surface area contributed by atoms with Crippen molar-refractivity contribution in [2.75, 3.05) is 13.2 Å². The van der Waals surface area contributed by atoms with E-state index in [2.05, 4.69) is 5.32 Å². The van der Waals surface area contributed by atoms with Crippen molar-refractivity contribution in [3.63, 3.8) is 0 Å². The molecule has 1 heterocycles. The van der Waals surface area contributed by atoms with Crippen LogP contribution in [0.5, 0.6) is 17.2 Å². The lowest BCUT2D eigenvalue weighted by molar-refractivity contribution is -0.127. The standard InChI is InChI=1S/C20H22FNO4/c1-13(15-7-8-18-19(11-15)25-10-4-9-24-18)22-20(23)14(2)26-17-6-3-5-16(21)12-17/h3,5-8,11-14H,4,9-10H2,1-2H3,(H,22,23)/t13-,14-/m1/s1. The van der Waals surface area contributed by atoms with Gasteiger partial charge in [-0.3, -0.25) is 4.79 Å². The molecular weight excluding hydrogens is 337 g/mol. The van der Waals surface area contributed by atoms with Crippen LogP contribution >= 0.6 is 0 Å². The van der Waals surface area contributed by atoms with Crippen molar-refractivity contribution in [1.29, 1.82) is 0 Å². The lowest BCUT2D eigenvalue weighted by Gasteiger charge is -2.20. The number of carbonyl (C=O) groups is 1. The van der Waals surface area contributed by atoms with Crippen molar-refractivity contribution in [2.45, 2.75) is 32.4 Å². The highest BCUT2D eigenvalue weighted by Crippen LogP contribution is 2.32. The number of fused-ring (bicyclic) bond motifs is 1. The monoisotopic (exact) mass is 359 g/mol. The summed E-state index contributed by atoms with van der Waals surface area (Å²) in [5, 5.41) is 2.90. The molecule has 3 rings (SSSR count). The first-order valence-corrected chi connectivity index (χ1v) is 8.65. The number of halogens is 1. The predicted octanol–water partition coefficient (Wildman–Crippen LogP) is 3.63. The Morgan fingerprint density at radius 3 is 2.65 bits per heavy atom. The lowest BCUT2D eigenvalue weighted by Crippen LogP contribution is -2.37. The van der Waals surface area contributed by atoms with Crippen molar-refractivity contribution in [1.82, 2.24) is 5.32 Å². The lowest BCUT2D eigenvalue weighted by atomic mass is 10.1. The summed E-state index contributed by atoms with van der Waals surface area (Å²) in [4.78, 5) is 12.4. The second-order valence-corrected chi connectivity index (χ2v) is 6.20. The summed E-state index contributed by atoms with van der Waals surface area (Å²) < 4.78 is 30.0. The Balaban J connectivity index is 1.62. The second-order valence-electron chi connectivity index (χ2n) is 6.20. The normalized spacial score (nSPS) is 15.5. The maximum absolute atomic E-state index is 13.2. The van der Waals surface area contributed by atoms with Gasteiger partial charge in [-0.1, -0.05) is 12.1 Å². The Labute approximate surface area is 152 Å². The van der Waals surface area contributed by atoms with Crippen molar-refractivity contribution >= 4 is 5.91 Å². The van der Waals surface area contributed by atoms with Crippen molar-refractivity contribution in [2.24, 2.45) is 0 Å².